The van der Waals surface area contributed by atoms with Gasteiger partial charge in [0.2, 0.25) is 5.89 Å². The van der Waals surface area contributed by atoms with Gasteiger partial charge in [-0.25, -0.2) is 12.8 Å². The molecular weight excluding hydrogens is 399 g/mol. The van der Waals surface area contributed by atoms with Crippen molar-refractivity contribution in [2.45, 2.75) is 31.2 Å². The molecule has 0 saturated carbocycles. The Kier molecular flexibility index (Phi) is 5.38. The van der Waals surface area contributed by atoms with Gasteiger partial charge in [-0.05, 0) is 62.4 Å². The number of aromatic nitrogens is 2. The van der Waals surface area contributed by atoms with Gasteiger partial charge in [-0.2, -0.15) is 4.98 Å². The number of rotatable bonds is 6. The minimum Gasteiger partial charge on any atom is -0.340 e. The van der Waals surface area contributed by atoms with Gasteiger partial charge in [-0.15, -0.1) is 0 Å². The van der Waals surface area contributed by atoms with E-state index in [1.54, 1.807) is 20.8 Å². The molecule has 29 heavy (non-hydrogen) atoms. The molecule has 2 aromatic carbocycles. The molecule has 10 heteroatoms. The zero-order chi connectivity index (χ0) is 21.2. The van der Waals surface area contributed by atoms with E-state index in [-0.39, 0.29) is 16.5 Å². The summed E-state index contributed by atoms with van der Waals surface area (Å²) in [6.45, 7) is 5.13. The first kappa shape index (κ1) is 20.5. The summed E-state index contributed by atoms with van der Waals surface area (Å²) in [5, 5.41) is 6.62. The zero-order valence-electron chi connectivity index (χ0n) is 15.9. The smallest absolute Gasteiger partial charge is 0.261 e. The van der Waals surface area contributed by atoms with Crippen LogP contribution in [0.15, 0.2) is 57.9 Å². The van der Waals surface area contributed by atoms with Crippen molar-refractivity contribution >= 4 is 21.6 Å². The van der Waals surface area contributed by atoms with Gasteiger partial charge in [0.1, 0.15) is 5.82 Å². The number of sulfonamides is 1. The molecule has 0 bridgehead atoms. The Morgan fingerprint density at radius 2 is 1.69 bits per heavy atom. The largest absolute Gasteiger partial charge is 0.340 e. The molecule has 3 aromatic rings. The first-order valence-corrected chi connectivity index (χ1v) is 10.1. The standard InChI is InChI=1S/C19H19FN4O4S/c1-12-21-18(23-28-12)19(2,3)22-17(25)13-4-8-15(9-5-13)24-29(26,27)16-10-6-14(20)7-11-16/h4-11,24H,1-3H3,(H,22,25). The van der Waals surface area contributed by atoms with Crippen molar-refractivity contribution < 1.29 is 22.1 Å². The summed E-state index contributed by atoms with van der Waals surface area (Å²) in [6, 6.07) is 10.3. The lowest BCUT2D eigenvalue weighted by Crippen LogP contribution is -2.41. The summed E-state index contributed by atoms with van der Waals surface area (Å²) < 4.78 is 45.0. The summed E-state index contributed by atoms with van der Waals surface area (Å²) >= 11 is 0. The van der Waals surface area contributed by atoms with E-state index < -0.39 is 21.4 Å². The highest BCUT2D eigenvalue weighted by Crippen LogP contribution is 2.20. The Labute approximate surface area is 167 Å². The summed E-state index contributed by atoms with van der Waals surface area (Å²) in [5.74, 6) is -0.184. The predicted octanol–water partition coefficient (Wildman–Crippen LogP) is 2.98. The Hall–Kier alpha value is -3.27. The quantitative estimate of drug-likeness (QED) is 0.636. The normalized spacial score (nSPS) is 11.9. The maximum absolute atomic E-state index is 13.0. The van der Waals surface area contributed by atoms with Gasteiger partial charge in [0.05, 0.1) is 10.4 Å². The van der Waals surface area contributed by atoms with E-state index in [4.69, 9.17) is 4.52 Å². The lowest BCUT2D eigenvalue weighted by molar-refractivity contribution is 0.0907. The van der Waals surface area contributed by atoms with Crippen LogP contribution in [0.2, 0.25) is 0 Å². The maximum atomic E-state index is 13.0. The monoisotopic (exact) mass is 418 g/mol. The molecule has 0 spiro atoms. The molecular formula is C19H19FN4O4S. The van der Waals surface area contributed by atoms with Gasteiger partial charge in [0.25, 0.3) is 15.9 Å². The van der Waals surface area contributed by atoms with E-state index in [2.05, 4.69) is 20.2 Å². The van der Waals surface area contributed by atoms with Crippen LogP contribution in [0.3, 0.4) is 0 Å². The first-order valence-electron chi connectivity index (χ1n) is 8.58. The third-order valence-corrected chi connectivity index (χ3v) is 5.43. The minimum absolute atomic E-state index is 0.0714. The first-order chi connectivity index (χ1) is 13.6. The lowest BCUT2D eigenvalue weighted by Gasteiger charge is -2.22. The summed E-state index contributed by atoms with van der Waals surface area (Å²) in [6.07, 6.45) is 0. The number of benzene rings is 2. The molecule has 0 radical (unpaired) electrons. The number of anilines is 1. The van der Waals surface area contributed by atoms with Crippen molar-refractivity contribution in [2.75, 3.05) is 4.72 Å². The van der Waals surface area contributed by atoms with Crippen molar-refractivity contribution in [1.29, 1.82) is 0 Å². The number of nitrogens with zero attached hydrogens (tertiary/aromatic N) is 2. The van der Waals surface area contributed by atoms with Gasteiger partial charge in [0, 0.05) is 18.2 Å². The summed E-state index contributed by atoms with van der Waals surface area (Å²) in [7, 11) is -3.87. The van der Waals surface area contributed by atoms with Crippen LogP contribution in [0.1, 0.15) is 35.9 Å². The van der Waals surface area contributed by atoms with E-state index in [0.717, 1.165) is 12.1 Å². The van der Waals surface area contributed by atoms with Crippen LogP contribution in [0.25, 0.3) is 0 Å². The number of halogens is 1. The summed E-state index contributed by atoms with van der Waals surface area (Å²) in [5.41, 5.74) is -0.278. The molecule has 1 heterocycles. The van der Waals surface area contributed by atoms with Crippen LogP contribution < -0.4 is 10.0 Å². The van der Waals surface area contributed by atoms with Gasteiger partial charge in [-0.3, -0.25) is 9.52 Å². The molecule has 0 aliphatic heterocycles. The Balaban J connectivity index is 1.71. The molecule has 152 valence electrons. The van der Waals surface area contributed by atoms with Crippen molar-refractivity contribution in [3.8, 4) is 0 Å². The highest BCUT2D eigenvalue weighted by atomic mass is 32.2. The number of nitrogens with one attached hydrogen (secondary N) is 2. The zero-order valence-corrected chi connectivity index (χ0v) is 16.7. The van der Waals surface area contributed by atoms with Crippen molar-refractivity contribution in [2.24, 2.45) is 0 Å². The van der Waals surface area contributed by atoms with Crippen LogP contribution in [0.4, 0.5) is 10.1 Å². The fourth-order valence-electron chi connectivity index (χ4n) is 2.48. The Bertz CT molecular complexity index is 1120. The molecule has 3 rings (SSSR count). The second kappa shape index (κ2) is 7.63. The van der Waals surface area contributed by atoms with Crippen LogP contribution in [0, 0.1) is 12.7 Å². The average molecular weight is 418 g/mol. The Morgan fingerprint density at radius 1 is 1.07 bits per heavy atom. The fraction of sp³-hybridized carbons (Fsp3) is 0.211. The number of carbonyl (C=O) groups excluding carboxylic acids is 1. The SMILES string of the molecule is Cc1nc(C(C)(C)NC(=O)c2ccc(NS(=O)(=O)c3ccc(F)cc3)cc2)no1. The number of hydrogen-bond acceptors (Lipinski definition) is 6. The molecule has 1 amide bonds. The van der Waals surface area contributed by atoms with E-state index in [9.17, 15) is 17.6 Å². The van der Waals surface area contributed by atoms with Gasteiger partial charge in [-0.1, -0.05) is 5.16 Å². The van der Waals surface area contributed by atoms with Crippen LogP contribution in [-0.2, 0) is 15.6 Å². The molecule has 0 atom stereocenters. The second-order valence-electron chi connectivity index (χ2n) is 6.85. The number of aryl methyl sites for hydroxylation is 1. The molecule has 0 saturated heterocycles. The number of carbonyl (C=O) groups is 1. The third kappa shape index (κ3) is 4.77. The third-order valence-electron chi connectivity index (χ3n) is 4.04. The molecule has 0 aliphatic rings. The van der Waals surface area contributed by atoms with E-state index in [1.165, 1.54) is 36.4 Å². The average Bonchev–Trinajstić information content (AvgIpc) is 3.09. The molecule has 0 aliphatic carbocycles. The number of amides is 1. The van der Waals surface area contributed by atoms with Gasteiger partial charge >= 0.3 is 0 Å². The second-order valence-corrected chi connectivity index (χ2v) is 8.54. The topological polar surface area (TPSA) is 114 Å². The lowest BCUT2D eigenvalue weighted by atomic mass is 10.0. The predicted molar refractivity (Wildman–Crippen MR) is 103 cm³/mol. The van der Waals surface area contributed by atoms with E-state index in [1.807, 2.05) is 0 Å². The minimum atomic E-state index is -3.87. The maximum Gasteiger partial charge on any atom is 0.261 e. The number of hydrogen-bond donors (Lipinski definition) is 2. The molecule has 8 nitrogen and oxygen atoms in total. The molecule has 2 N–H and O–H groups in total. The van der Waals surface area contributed by atoms with Crippen molar-refractivity contribution in [3.63, 3.8) is 0 Å². The fourth-order valence-corrected chi connectivity index (χ4v) is 3.54. The highest BCUT2D eigenvalue weighted by molar-refractivity contribution is 7.92. The van der Waals surface area contributed by atoms with Crippen LogP contribution in [0.5, 0.6) is 0 Å². The van der Waals surface area contributed by atoms with E-state index in [0.29, 0.717) is 17.3 Å². The van der Waals surface area contributed by atoms with Gasteiger partial charge < -0.3 is 9.84 Å². The molecule has 0 fully saturated rings. The van der Waals surface area contributed by atoms with Crippen LogP contribution in [-0.4, -0.2) is 24.5 Å². The molecule has 0 unspecified atom stereocenters. The summed E-state index contributed by atoms with van der Waals surface area (Å²) in [4.78, 5) is 16.6. The highest BCUT2D eigenvalue weighted by Gasteiger charge is 2.28. The molecule has 1 aromatic heterocycles. The van der Waals surface area contributed by atoms with E-state index >= 15 is 0 Å². The Morgan fingerprint density at radius 3 is 2.24 bits per heavy atom. The van der Waals surface area contributed by atoms with Gasteiger partial charge in [0.15, 0.2) is 5.82 Å². The van der Waals surface area contributed by atoms with Crippen LogP contribution >= 0.6 is 0 Å². The van der Waals surface area contributed by atoms with Crippen molar-refractivity contribution in [1.82, 2.24) is 15.5 Å². The van der Waals surface area contributed by atoms with Crippen molar-refractivity contribution in [3.05, 3.63) is 71.6 Å².